The van der Waals surface area contributed by atoms with Gasteiger partial charge in [-0.2, -0.15) is 0 Å². The van der Waals surface area contributed by atoms with Crippen LogP contribution in [0.5, 0.6) is 0 Å². The average Bonchev–Trinajstić information content (AvgIpc) is 3.06. The summed E-state index contributed by atoms with van der Waals surface area (Å²) in [4.78, 5) is 26.1. The number of likely N-dealkylation sites (tertiary alicyclic amines) is 1. The van der Waals surface area contributed by atoms with E-state index in [2.05, 4.69) is 34.7 Å². The fraction of sp³-hybridized carbons (Fsp3) is 0.889. The van der Waals surface area contributed by atoms with E-state index >= 15 is 0 Å². The van der Waals surface area contributed by atoms with Crippen LogP contribution in [0.3, 0.4) is 0 Å². The summed E-state index contributed by atoms with van der Waals surface area (Å²) in [5, 5.41) is 8.77. The molecule has 3 N–H and O–H groups in total. The minimum absolute atomic E-state index is 0.0436. The highest BCUT2D eigenvalue weighted by molar-refractivity contribution is 5.78. The van der Waals surface area contributed by atoms with E-state index in [1.54, 1.807) is 0 Å². The number of carbonyl (C=O) groups is 2. The van der Waals surface area contributed by atoms with E-state index in [0.717, 1.165) is 25.9 Å². The van der Waals surface area contributed by atoms with Gasteiger partial charge in [0.1, 0.15) is 0 Å². The van der Waals surface area contributed by atoms with Gasteiger partial charge in [-0.15, -0.1) is 0 Å². The Hall–Kier alpha value is -1.30. The molecule has 1 heterocycles. The second kappa shape index (κ2) is 9.87. The highest BCUT2D eigenvalue weighted by Gasteiger charge is 2.22. The molecule has 6 nitrogen and oxygen atoms in total. The maximum Gasteiger partial charge on any atom is 0.314 e. The zero-order chi connectivity index (χ0) is 17.4. The summed E-state index contributed by atoms with van der Waals surface area (Å²) in [5.74, 6) is 0.569. The van der Waals surface area contributed by atoms with Crippen LogP contribution in [0.15, 0.2) is 0 Å². The van der Waals surface area contributed by atoms with Crippen molar-refractivity contribution in [3.63, 3.8) is 0 Å². The lowest BCUT2D eigenvalue weighted by molar-refractivity contribution is -0.121. The van der Waals surface area contributed by atoms with Gasteiger partial charge in [0, 0.05) is 38.1 Å². The van der Waals surface area contributed by atoms with Crippen LogP contribution in [0.25, 0.3) is 0 Å². The van der Waals surface area contributed by atoms with Crippen LogP contribution < -0.4 is 16.0 Å². The van der Waals surface area contributed by atoms with Crippen molar-refractivity contribution >= 4 is 11.9 Å². The highest BCUT2D eigenvalue weighted by Crippen LogP contribution is 2.18. The van der Waals surface area contributed by atoms with Crippen molar-refractivity contribution in [1.82, 2.24) is 20.9 Å². The van der Waals surface area contributed by atoms with Gasteiger partial charge in [-0.3, -0.25) is 4.79 Å². The molecular formula is C18H34N4O2. The lowest BCUT2D eigenvalue weighted by Gasteiger charge is -2.35. The molecular weight excluding hydrogens is 304 g/mol. The Morgan fingerprint density at radius 2 is 1.83 bits per heavy atom. The fourth-order valence-corrected chi connectivity index (χ4v) is 3.69. The molecule has 2 rings (SSSR count). The van der Waals surface area contributed by atoms with Gasteiger partial charge in [0.05, 0.1) is 0 Å². The Kier molecular flexibility index (Phi) is 7.82. The summed E-state index contributed by atoms with van der Waals surface area (Å²) in [6, 6.07) is 0.756. The van der Waals surface area contributed by atoms with Gasteiger partial charge in [-0.05, 0) is 52.0 Å². The largest absolute Gasteiger partial charge is 0.353 e. The molecule has 1 aliphatic carbocycles. The molecule has 0 aromatic rings. The number of piperidine rings is 1. The highest BCUT2D eigenvalue weighted by atomic mass is 16.2. The van der Waals surface area contributed by atoms with Crippen LogP contribution in [0.2, 0.25) is 0 Å². The number of urea groups is 1. The third kappa shape index (κ3) is 6.67. The molecule has 2 aliphatic rings. The third-order valence-electron chi connectivity index (χ3n) is 5.19. The summed E-state index contributed by atoms with van der Waals surface area (Å²) in [5.41, 5.74) is 0. The number of nitrogens with zero attached hydrogens (tertiary/aromatic N) is 1. The summed E-state index contributed by atoms with van der Waals surface area (Å²) in [6.45, 7) is 7.77. The summed E-state index contributed by atoms with van der Waals surface area (Å²) in [7, 11) is 0. The van der Waals surface area contributed by atoms with E-state index in [4.69, 9.17) is 0 Å². The summed E-state index contributed by atoms with van der Waals surface area (Å²) in [6.07, 6.45) is 7.33. The van der Waals surface area contributed by atoms with E-state index in [0.29, 0.717) is 37.5 Å². The first kappa shape index (κ1) is 19.0. The first-order chi connectivity index (χ1) is 11.5. The Bertz CT molecular complexity index is 408. The van der Waals surface area contributed by atoms with E-state index in [1.165, 1.54) is 25.7 Å². The van der Waals surface area contributed by atoms with Gasteiger partial charge in [0.15, 0.2) is 0 Å². The fourth-order valence-electron chi connectivity index (χ4n) is 3.69. The van der Waals surface area contributed by atoms with E-state index < -0.39 is 0 Å². The minimum Gasteiger partial charge on any atom is -0.353 e. The average molecular weight is 338 g/mol. The van der Waals surface area contributed by atoms with Crippen LogP contribution >= 0.6 is 0 Å². The molecule has 24 heavy (non-hydrogen) atoms. The van der Waals surface area contributed by atoms with Crippen molar-refractivity contribution in [2.75, 3.05) is 26.2 Å². The molecule has 2 fully saturated rings. The quantitative estimate of drug-likeness (QED) is 0.663. The van der Waals surface area contributed by atoms with Crippen molar-refractivity contribution < 1.29 is 9.59 Å². The predicted octanol–water partition coefficient (Wildman–Crippen LogP) is 1.85. The first-order valence-corrected chi connectivity index (χ1v) is 9.59. The maximum absolute atomic E-state index is 11.9. The van der Waals surface area contributed by atoms with Crippen LogP contribution in [-0.4, -0.2) is 55.1 Å². The number of nitrogens with one attached hydrogen (secondary N) is 3. The van der Waals surface area contributed by atoms with E-state index in [9.17, 15) is 9.59 Å². The molecule has 0 radical (unpaired) electrons. The van der Waals surface area contributed by atoms with Gasteiger partial charge < -0.3 is 20.9 Å². The Balaban J connectivity index is 1.53. The Labute approximate surface area is 146 Å². The summed E-state index contributed by atoms with van der Waals surface area (Å²) >= 11 is 0. The predicted molar refractivity (Wildman–Crippen MR) is 95.9 cm³/mol. The SMILES string of the molecule is CC(C)N1CCC[C@H](CNC(=O)NCCC(=O)NC2CCCC2)C1. The van der Waals surface area contributed by atoms with Crippen LogP contribution in [-0.2, 0) is 4.79 Å². The number of hydrogen-bond acceptors (Lipinski definition) is 3. The van der Waals surface area contributed by atoms with Crippen LogP contribution in [0.4, 0.5) is 4.79 Å². The van der Waals surface area contributed by atoms with Crippen molar-refractivity contribution in [3.8, 4) is 0 Å². The van der Waals surface area contributed by atoms with Gasteiger partial charge in [0.25, 0.3) is 0 Å². The van der Waals surface area contributed by atoms with Gasteiger partial charge in [-0.1, -0.05) is 12.8 Å². The smallest absolute Gasteiger partial charge is 0.314 e. The van der Waals surface area contributed by atoms with Crippen molar-refractivity contribution in [2.45, 2.75) is 70.9 Å². The standard InChI is InChI=1S/C18H34N4O2/c1-14(2)22-11-5-6-15(13-22)12-20-18(24)19-10-9-17(23)21-16-7-3-4-8-16/h14-16H,3-13H2,1-2H3,(H,21,23)(H2,19,20,24)/t15-/m1/s1. The lowest BCUT2D eigenvalue weighted by atomic mass is 9.97. The third-order valence-corrected chi connectivity index (χ3v) is 5.19. The molecule has 138 valence electrons. The molecule has 1 saturated heterocycles. The van der Waals surface area contributed by atoms with Crippen LogP contribution in [0.1, 0.15) is 58.8 Å². The molecule has 1 aliphatic heterocycles. The van der Waals surface area contributed by atoms with Crippen molar-refractivity contribution in [2.24, 2.45) is 5.92 Å². The van der Waals surface area contributed by atoms with Crippen molar-refractivity contribution in [3.05, 3.63) is 0 Å². The lowest BCUT2D eigenvalue weighted by Crippen LogP contribution is -2.46. The van der Waals surface area contributed by atoms with E-state index in [-0.39, 0.29) is 11.9 Å². The second-order valence-corrected chi connectivity index (χ2v) is 7.53. The molecule has 3 amide bonds. The number of amides is 3. The Morgan fingerprint density at radius 1 is 1.08 bits per heavy atom. The topological polar surface area (TPSA) is 73.5 Å². The zero-order valence-corrected chi connectivity index (χ0v) is 15.3. The number of carbonyl (C=O) groups excluding carboxylic acids is 2. The molecule has 0 aromatic heterocycles. The van der Waals surface area contributed by atoms with Crippen LogP contribution in [0, 0.1) is 5.92 Å². The zero-order valence-electron chi connectivity index (χ0n) is 15.3. The second-order valence-electron chi connectivity index (χ2n) is 7.53. The molecule has 0 unspecified atom stereocenters. The number of hydrogen-bond donors (Lipinski definition) is 3. The Morgan fingerprint density at radius 3 is 2.54 bits per heavy atom. The number of rotatable bonds is 7. The van der Waals surface area contributed by atoms with Gasteiger partial charge in [0.2, 0.25) is 5.91 Å². The molecule has 0 spiro atoms. The molecule has 0 aromatic carbocycles. The van der Waals surface area contributed by atoms with Crippen molar-refractivity contribution in [1.29, 1.82) is 0 Å². The first-order valence-electron chi connectivity index (χ1n) is 9.59. The van der Waals surface area contributed by atoms with Gasteiger partial charge in [-0.25, -0.2) is 4.79 Å². The van der Waals surface area contributed by atoms with Gasteiger partial charge >= 0.3 is 6.03 Å². The summed E-state index contributed by atoms with van der Waals surface area (Å²) < 4.78 is 0. The molecule has 0 bridgehead atoms. The molecule has 1 saturated carbocycles. The molecule has 6 heteroatoms. The normalized spacial score (nSPS) is 22.5. The monoisotopic (exact) mass is 338 g/mol. The molecule has 1 atom stereocenters. The minimum atomic E-state index is -0.162. The van der Waals surface area contributed by atoms with E-state index in [1.807, 2.05) is 0 Å². The maximum atomic E-state index is 11.9.